The zero-order chi connectivity index (χ0) is 20.8. The van der Waals surface area contributed by atoms with Gasteiger partial charge in [-0.1, -0.05) is 36.4 Å². The molecule has 0 saturated carbocycles. The summed E-state index contributed by atoms with van der Waals surface area (Å²) >= 11 is 3.06. The van der Waals surface area contributed by atoms with Gasteiger partial charge in [-0.15, -0.1) is 29.7 Å². The Balaban J connectivity index is 2.28. The number of aryl methyl sites for hydroxylation is 1. The Hall–Kier alpha value is -2.75. The lowest BCUT2D eigenvalue weighted by molar-refractivity contribution is -0.138. The number of thioether (sulfide) groups is 1. The van der Waals surface area contributed by atoms with Gasteiger partial charge < -0.3 is 10.1 Å². The molecular weight excluding hydrogens is 400 g/mol. The Morgan fingerprint density at radius 2 is 2.14 bits per heavy atom. The first-order valence-electron chi connectivity index (χ1n) is 9.28. The topological polar surface area (TPSA) is 62.1 Å². The number of nitriles is 1. The summed E-state index contributed by atoms with van der Waals surface area (Å²) in [5.74, 6) is -0.222. The number of nitrogens with one attached hydrogen (secondary N) is 1. The predicted octanol–water partition coefficient (Wildman–Crippen LogP) is 5.37. The first-order chi connectivity index (χ1) is 14.1. The minimum atomic E-state index is -0.470. The van der Waals surface area contributed by atoms with Crippen molar-refractivity contribution in [1.82, 2.24) is 5.32 Å². The average molecular weight is 423 g/mol. The highest BCUT2D eigenvalue weighted by Gasteiger charge is 2.38. The number of nitrogens with zero attached hydrogens (tertiary/aromatic N) is 1. The minimum Gasteiger partial charge on any atom is -0.463 e. The summed E-state index contributed by atoms with van der Waals surface area (Å²) < 4.78 is 5.42. The van der Waals surface area contributed by atoms with Gasteiger partial charge in [0.15, 0.2) is 0 Å². The van der Waals surface area contributed by atoms with Crippen molar-refractivity contribution in [3.05, 3.63) is 86.6 Å². The van der Waals surface area contributed by atoms with Gasteiger partial charge in [-0.2, -0.15) is 5.26 Å². The van der Waals surface area contributed by atoms with Crippen LogP contribution < -0.4 is 5.32 Å². The smallest absolute Gasteiger partial charge is 0.337 e. The maximum absolute atomic E-state index is 13.1. The van der Waals surface area contributed by atoms with Crippen LogP contribution in [0.4, 0.5) is 0 Å². The van der Waals surface area contributed by atoms with Gasteiger partial charge in [0.05, 0.1) is 40.5 Å². The van der Waals surface area contributed by atoms with Crippen LogP contribution in [0.1, 0.15) is 28.8 Å². The summed E-state index contributed by atoms with van der Waals surface area (Å²) in [6.45, 7) is 7.84. The molecule has 1 aliphatic rings. The van der Waals surface area contributed by atoms with Crippen LogP contribution in [0.15, 0.2) is 70.6 Å². The molecule has 0 bridgehead atoms. The third kappa shape index (κ3) is 4.31. The Morgan fingerprint density at radius 3 is 2.72 bits per heavy atom. The van der Waals surface area contributed by atoms with E-state index in [0.29, 0.717) is 22.6 Å². The van der Waals surface area contributed by atoms with E-state index in [0.717, 1.165) is 21.0 Å². The van der Waals surface area contributed by atoms with Gasteiger partial charge in [0, 0.05) is 10.6 Å². The second-order valence-corrected chi connectivity index (χ2v) is 8.33. The lowest BCUT2D eigenvalue weighted by atomic mass is 9.84. The predicted molar refractivity (Wildman–Crippen MR) is 120 cm³/mol. The van der Waals surface area contributed by atoms with Crippen LogP contribution in [-0.2, 0) is 9.53 Å². The fourth-order valence-corrected chi connectivity index (χ4v) is 5.07. The average Bonchev–Trinajstić information content (AvgIpc) is 3.17. The number of allylic oxidation sites excluding steroid dienone is 1. The first kappa shape index (κ1) is 21.0. The van der Waals surface area contributed by atoms with Crippen LogP contribution in [0.25, 0.3) is 5.70 Å². The number of hydrogen-bond donors (Lipinski definition) is 1. The van der Waals surface area contributed by atoms with Gasteiger partial charge >= 0.3 is 5.97 Å². The molecule has 148 valence electrons. The van der Waals surface area contributed by atoms with Crippen LogP contribution >= 0.6 is 23.1 Å². The number of ether oxygens (including phenoxy) is 1. The van der Waals surface area contributed by atoms with E-state index in [9.17, 15) is 10.1 Å². The number of thiophene rings is 1. The summed E-state index contributed by atoms with van der Waals surface area (Å²) in [6.07, 6.45) is 1.80. The van der Waals surface area contributed by atoms with E-state index < -0.39 is 11.9 Å². The minimum absolute atomic E-state index is 0.268. The molecule has 1 aliphatic heterocycles. The van der Waals surface area contributed by atoms with Gasteiger partial charge in [0.25, 0.3) is 0 Å². The number of benzene rings is 1. The molecule has 6 heteroatoms. The van der Waals surface area contributed by atoms with Crippen molar-refractivity contribution in [3.63, 3.8) is 0 Å². The fraction of sp³-hybridized carbons (Fsp3) is 0.217. The van der Waals surface area contributed by atoms with E-state index in [-0.39, 0.29) is 6.61 Å². The molecular formula is C23H22N2O2S2. The zero-order valence-corrected chi connectivity index (χ0v) is 18.0. The van der Waals surface area contributed by atoms with Crippen LogP contribution in [-0.4, -0.2) is 18.3 Å². The summed E-state index contributed by atoms with van der Waals surface area (Å²) in [6, 6.07) is 14.1. The molecule has 0 amide bonds. The number of carbonyl (C=O) groups is 1. The molecule has 0 spiro atoms. The molecule has 0 unspecified atom stereocenters. The summed E-state index contributed by atoms with van der Waals surface area (Å²) in [7, 11) is 0. The fourth-order valence-electron chi connectivity index (χ4n) is 3.24. The highest BCUT2D eigenvalue weighted by molar-refractivity contribution is 8.03. The molecule has 0 aliphatic carbocycles. The quantitative estimate of drug-likeness (QED) is 0.480. The second-order valence-electron chi connectivity index (χ2n) is 6.36. The molecule has 2 aromatic rings. The molecule has 1 atom stereocenters. The summed E-state index contributed by atoms with van der Waals surface area (Å²) in [4.78, 5) is 14.1. The van der Waals surface area contributed by atoms with Gasteiger partial charge in [-0.25, -0.2) is 4.79 Å². The largest absolute Gasteiger partial charge is 0.463 e. The number of carbonyl (C=O) groups excluding carboxylic acids is 1. The zero-order valence-electron chi connectivity index (χ0n) is 16.4. The van der Waals surface area contributed by atoms with Crippen molar-refractivity contribution in [2.45, 2.75) is 19.8 Å². The Kier molecular flexibility index (Phi) is 6.97. The van der Waals surface area contributed by atoms with Gasteiger partial charge in [-0.3, -0.25) is 0 Å². The second kappa shape index (κ2) is 9.64. The Bertz CT molecular complexity index is 1010. The lowest BCUT2D eigenvalue weighted by Crippen LogP contribution is -2.29. The molecule has 4 nitrogen and oxygen atoms in total. The van der Waals surface area contributed by atoms with Crippen molar-refractivity contribution in [1.29, 1.82) is 5.26 Å². The number of hydrogen-bond acceptors (Lipinski definition) is 6. The molecule has 0 radical (unpaired) electrons. The molecule has 3 rings (SSSR count). The van der Waals surface area contributed by atoms with E-state index in [2.05, 4.69) is 18.0 Å². The summed E-state index contributed by atoms with van der Waals surface area (Å²) in [5, 5.41) is 16.1. The Morgan fingerprint density at radius 1 is 1.38 bits per heavy atom. The van der Waals surface area contributed by atoms with Crippen LogP contribution in [0.3, 0.4) is 0 Å². The van der Waals surface area contributed by atoms with Crippen LogP contribution in [0.2, 0.25) is 0 Å². The monoisotopic (exact) mass is 422 g/mol. The van der Waals surface area contributed by atoms with E-state index in [1.165, 1.54) is 11.8 Å². The molecule has 1 aromatic heterocycles. The van der Waals surface area contributed by atoms with Crippen LogP contribution in [0, 0.1) is 18.3 Å². The van der Waals surface area contributed by atoms with Gasteiger partial charge in [0.1, 0.15) is 0 Å². The van der Waals surface area contributed by atoms with Crippen molar-refractivity contribution >= 4 is 34.8 Å². The number of esters is 1. The number of rotatable bonds is 7. The highest BCUT2D eigenvalue weighted by Crippen LogP contribution is 2.45. The van der Waals surface area contributed by atoms with E-state index in [1.807, 2.05) is 48.7 Å². The van der Waals surface area contributed by atoms with Gasteiger partial charge in [-0.05, 0) is 36.4 Å². The molecule has 0 fully saturated rings. The van der Waals surface area contributed by atoms with Crippen molar-refractivity contribution in [2.24, 2.45) is 0 Å². The van der Waals surface area contributed by atoms with E-state index >= 15 is 0 Å². The molecule has 1 N–H and O–H groups in total. The molecule has 2 heterocycles. The maximum atomic E-state index is 13.1. The van der Waals surface area contributed by atoms with Crippen molar-refractivity contribution < 1.29 is 9.53 Å². The molecule has 0 saturated heterocycles. The van der Waals surface area contributed by atoms with Crippen LogP contribution in [0.5, 0.6) is 0 Å². The molecule has 1 aromatic carbocycles. The van der Waals surface area contributed by atoms with E-state index in [4.69, 9.17) is 4.74 Å². The normalized spacial score (nSPS) is 16.2. The van der Waals surface area contributed by atoms with Crippen molar-refractivity contribution in [2.75, 3.05) is 12.4 Å². The third-order valence-electron chi connectivity index (χ3n) is 4.52. The first-order valence-corrected chi connectivity index (χ1v) is 11.1. The van der Waals surface area contributed by atoms with Gasteiger partial charge in [0.2, 0.25) is 0 Å². The lowest BCUT2D eigenvalue weighted by Gasteiger charge is -2.30. The SMILES string of the molecule is C=CCSC1=C(C#N)[C@@H](c2sccc2C)C(C(=O)OCC)=C(c2ccccc2)N1. The Labute approximate surface area is 179 Å². The van der Waals surface area contributed by atoms with Crippen molar-refractivity contribution in [3.8, 4) is 6.07 Å². The standard InChI is InChI=1S/C23H22N2O2S2/c1-4-12-29-22-17(14-24)18(21-15(3)11-13-28-21)19(23(26)27-5-2)20(25-22)16-9-7-6-8-10-16/h4,6-11,13,18,25H,1,5,12H2,2-3H3/t18-/m1/s1. The third-order valence-corrected chi connectivity index (χ3v) is 6.61. The number of dihydropyridines is 1. The van der Waals surface area contributed by atoms with E-state index in [1.54, 1.807) is 24.3 Å². The molecule has 29 heavy (non-hydrogen) atoms. The maximum Gasteiger partial charge on any atom is 0.337 e. The highest BCUT2D eigenvalue weighted by atomic mass is 32.2. The summed E-state index contributed by atoms with van der Waals surface area (Å²) in [5.41, 5.74) is 3.63.